The number of hydrogen-bond donors (Lipinski definition) is 1. The van der Waals surface area contributed by atoms with Crippen LogP contribution in [0, 0.1) is 5.92 Å². The molecule has 0 saturated heterocycles. The largest absolute Gasteiger partial charge is 0.462 e. The molecule has 3 heteroatoms. The van der Waals surface area contributed by atoms with Crippen LogP contribution >= 0.6 is 0 Å². The van der Waals surface area contributed by atoms with Crippen LogP contribution in [0.15, 0.2) is 30.3 Å². The molecule has 3 nitrogen and oxygen atoms in total. The van der Waals surface area contributed by atoms with Crippen molar-refractivity contribution < 1.29 is 9.53 Å². The van der Waals surface area contributed by atoms with Gasteiger partial charge in [0.05, 0.1) is 0 Å². The molecule has 0 bridgehead atoms. The van der Waals surface area contributed by atoms with Crippen LogP contribution in [0.4, 0.5) is 5.69 Å². The fourth-order valence-electron chi connectivity index (χ4n) is 3.05. The number of carbonyl (C=O) groups is 1. The van der Waals surface area contributed by atoms with E-state index in [0.29, 0.717) is 12.3 Å². The molecule has 1 aromatic rings. The highest BCUT2D eigenvalue weighted by Gasteiger charge is 2.26. The van der Waals surface area contributed by atoms with Crippen molar-refractivity contribution in [2.24, 2.45) is 5.92 Å². The highest BCUT2D eigenvalue weighted by atomic mass is 16.5. The Balaban J connectivity index is 1.63. The number of carbonyl (C=O) groups excluding carboxylic acids is 1. The minimum absolute atomic E-state index is 0.0322. The summed E-state index contributed by atoms with van der Waals surface area (Å²) in [6.07, 6.45) is 7.35. The molecule has 1 aliphatic rings. The summed E-state index contributed by atoms with van der Waals surface area (Å²) in [5.41, 5.74) is 1.10. The molecule has 0 aromatic heterocycles. The summed E-state index contributed by atoms with van der Waals surface area (Å²) >= 11 is 0. The molecule has 1 fully saturated rings. The molecule has 0 spiro atoms. The van der Waals surface area contributed by atoms with Crippen LogP contribution in [-0.4, -0.2) is 18.6 Å². The minimum atomic E-state index is -0.0322. The predicted octanol–water partition coefficient (Wildman–Crippen LogP) is 4.39. The Hall–Kier alpha value is -1.51. The van der Waals surface area contributed by atoms with Crippen LogP contribution in [0.2, 0.25) is 0 Å². The van der Waals surface area contributed by atoms with E-state index in [-0.39, 0.29) is 12.1 Å². The smallest absolute Gasteiger partial charge is 0.306 e. The van der Waals surface area contributed by atoms with Gasteiger partial charge in [-0.2, -0.15) is 0 Å². The van der Waals surface area contributed by atoms with Crippen molar-refractivity contribution in [3.8, 4) is 0 Å². The van der Waals surface area contributed by atoms with E-state index in [1.165, 1.54) is 19.3 Å². The van der Waals surface area contributed by atoms with Gasteiger partial charge in [-0.15, -0.1) is 0 Å². The zero-order valence-electron chi connectivity index (χ0n) is 13.0. The van der Waals surface area contributed by atoms with Gasteiger partial charge in [0.2, 0.25) is 0 Å². The third-order valence-corrected chi connectivity index (χ3v) is 4.31. The monoisotopic (exact) mass is 289 g/mol. The zero-order chi connectivity index (χ0) is 14.9. The first kappa shape index (κ1) is 15.9. The lowest BCUT2D eigenvalue weighted by molar-refractivity contribution is -0.153. The van der Waals surface area contributed by atoms with E-state index in [4.69, 9.17) is 4.74 Å². The van der Waals surface area contributed by atoms with E-state index in [1.54, 1.807) is 0 Å². The molecule has 1 saturated carbocycles. The van der Waals surface area contributed by atoms with Crippen molar-refractivity contribution in [3.05, 3.63) is 30.3 Å². The molecule has 1 N–H and O–H groups in total. The maximum Gasteiger partial charge on any atom is 0.306 e. The van der Waals surface area contributed by atoms with Crippen LogP contribution < -0.4 is 5.32 Å². The maximum atomic E-state index is 11.9. The summed E-state index contributed by atoms with van der Waals surface area (Å²) in [6.45, 7) is 3.00. The highest BCUT2D eigenvalue weighted by molar-refractivity contribution is 5.69. The second-order valence-electron chi connectivity index (χ2n) is 5.88. The number of rotatable bonds is 7. The van der Waals surface area contributed by atoms with Gasteiger partial charge < -0.3 is 10.1 Å². The molecule has 2 rings (SSSR count). The average molecular weight is 289 g/mol. The fourth-order valence-corrected chi connectivity index (χ4v) is 3.05. The molecule has 2 unspecified atom stereocenters. The molecule has 0 amide bonds. The second kappa shape index (κ2) is 8.71. The van der Waals surface area contributed by atoms with Crippen molar-refractivity contribution in [1.82, 2.24) is 0 Å². The van der Waals surface area contributed by atoms with E-state index < -0.39 is 0 Å². The Morgan fingerprint density at radius 3 is 2.76 bits per heavy atom. The van der Waals surface area contributed by atoms with Crippen molar-refractivity contribution >= 4 is 11.7 Å². The topological polar surface area (TPSA) is 38.3 Å². The second-order valence-corrected chi connectivity index (χ2v) is 5.88. The third-order valence-electron chi connectivity index (χ3n) is 4.31. The molecule has 116 valence electrons. The molecule has 0 aliphatic heterocycles. The summed E-state index contributed by atoms with van der Waals surface area (Å²) in [5, 5.41) is 3.32. The van der Waals surface area contributed by atoms with Crippen molar-refractivity contribution in [1.29, 1.82) is 0 Å². The maximum absolute atomic E-state index is 11.9. The van der Waals surface area contributed by atoms with Crippen molar-refractivity contribution in [2.75, 3.05) is 11.9 Å². The van der Waals surface area contributed by atoms with Gasteiger partial charge in [-0.05, 0) is 50.2 Å². The van der Waals surface area contributed by atoms with Crippen molar-refractivity contribution in [3.63, 3.8) is 0 Å². The lowest BCUT2D eigenvalue weighted by Crippen LogP contribution is -2.29. The number of anilines is 1. The van der Waals surface area contributed by atoms with Gasteiger partial charge in [-0.25, -0.2) is 0 Å². The lowest BCUT2D eigenvalue weighted by atomic mass is 9.85. The normalized spacial score (nSPS) is 21.8. The van der Waals surface area contributed by atoms with Gasteiger partial charge in [-0.3, -0.25) is 4.79 Å². The van der Waals surface area contributed by atoms with Crippen LogP contribution in [-0.2, 0) is 9.53 Å². The molecule has 21 heavy (non-hydrogen) atoms. The van der Waals surface area contributed by atoms with E-state index >= 15 is 0 Å². The summed E-state index contributed by atoms with van der Waals surface area (Å²) in [6, 6.07) is 10.1. The lowest BCUT2D eigenvalue weighted by Gasteiger charge is -2.30. The first-order chi connectivity index (χ1) is 10.3. The SMILES string of the molecule is CCC1CCCCC1OC(=O)CCCNc1ccccc1. The standard InChI is InChI=1S/C18H27NO2/c1-2-15-9-6-7-12-17(15)21-18(20)13-8-14-19-16-10-4-3-5-11-16/h3-5,10-11,15,17,19H,2,6-9,12-14H2,1H3. The highest BCUT2D eigenvalue weighted by Crippen LogP contribution is 2.29. The fraction of sp³-hybridized carbons (Fsp3) is 0.611. The molecular weight excluding hydrogens is 262 g/mol. The first-order valence-corrected chi connectivity index (χ1v) is 8.28. The summed E-state index contributed by atoms with van der Waals surface area (Å²) in [4.78, 5) is 11.9. The zero-order valence-corrected chi connectivity index (χ0v) is 13.0. The van der Waals surface area contributed by atoms with Gasteiger partial charge in [0.1, 0.15) is 6.10 Å². The minimum Gasteiger partial charge on any atom is -0.462 e. The van der Waals surface area contributed by atoms with Gasteiger partial charge >= 0.3 is 5.97 Å². The Bertz CT molecular complexity index is 418. The van der Waals surface area contributed by atoms with E-state index in [2.05, 4.69) is 12.2 Å². The van der Waals surface area contributed by atoms with Crippen molar-refractivity contribution in [2.45, 2.75) is 58.0 Å². The number of ether oxygens (including phenoxy) is 1. The Morgan fingerprint density at radius 2 is 2.00 bits per heavy atom. The molecule has 2 atom stereocenters. The van der Waals surface area contributed by atoms with Crippen LogP contribution in [0.1, 0.15) is 51.9 Å². The number of esters is 1. The predicted molar refractivity (Wildman–Crippen MR) is 86.3 cm³/mol. The van der Waals surface area contributed by atoms with E-state index in [0.717, 1.165) is 31.5 Å². The van der Waals surface area contributed by atoms with Gasteiger partial charge in [0.15, 0.2) is 0 Å². The average Bonchev–Trinajstić information content (AvgIpc) is 2.53. The van der Waals surface area contributed by atoms with Gasteiger partial charge in [-0.1, -0.05) is 31.5 Å². The summed E-state index contributed by atoms with van der Waals surface area (Å²) in [5.74, 6) is 0.542. The summed E-state index contributed by atoms with van der Waals surface area (Å²) in [7, 11) is 0. The van der Waals surface area contributed by atoms with E-state index in [9.17, 15) is 4.79 Å². The molecular formula is C18H27NO2. The quantitative estimate of drug-likeness (QED) is 0.597. The van der Waals surface area contributed by atoms with Gasteiger partial charge in [0.25, 0.3) is 0 Å². The van der Waals surface area contributed by atoms with Crippen LogP contribution in [0.25, 0.3) is 0 Å². The molecule has 1 aliphatic carbocycles. The Labute approximate surface area is 128 Å². The Kier molecular flexibility index (Phi) is 6.58. The first-order valence-electron chi connectivity index (χ1n) is 8.28. The van der Waals surface area contributed by atoms with Crippen LogP contribution in [0.5, 0.6) is 0 Å². The number of nitrogens with one attached hydrogen (secondary N) is 1. The molecule has 0 radical (unpaired) electrons. The number of para-hydroxylation sites is 1. The van der Waals surface area contributed by atoms with Crippen LogP contribution in [0.3, 0.4) is 0 Å². The molecule has 1 aromatic carbocycles. The summed E-state index contributed by atoms with van der Waals surface area (Å²) < 4.78 is 5.68. The third kappa shape index (κ3) is 5.41. The number of benzene rings is 1. The van der Waals surface area contributed by atoms with E-state index in [1.807, 2.05) is 30.3 Å². The van der Waals surface area contributed by atoms with Gasteiger partial charge in [0, 0.05) is 18.7 Å². The molecule has 0 heterocycles. The number of hydrogen-bond acceptors (Lipinski definition) is 3. The Morgan fingerprint density at radius 1 is 1.24 bits per heavy atom.